The van der Waals surface area contributed by atoms with Gasteiger partial charge in [0.2, 0.25) is 15.9 Å². The average Bonchev–Trinajstić information content (AvgIpc) is 3.06. The van der Waals surface area contributed by atoms with Crippen molar-refractivity contribution in [3.8, 4) is 0 Å². The molecule has 1 N–H and O–H groups in total. The standard InChI is InChI=1S/C24H30ClN3O4S/c1-17-9-8-10-18(2)23(17)26-22(29)16-27(3)24(30)19-11-12-20(25)21(15-19)33(31,32)28-13-6-4-5-7-14-28/h8-12,15H,4-7,13-14,16H2,1-3H3,(H,26,29). The number of halogens is 1. The number of benzene rings is 2. The van der Waals surface area contributed by atoms with Crippen molar-refractivity contribution in [2.45, 2.75) is 44.4 Å². The van der Waals surface area contributed by atoms with Gasteiger partial charge in [0, 0.05) is 31.4 Å². The van der Waals surface area contributed by atoms with Crippen molar-refractivity contribution < 1.29 is 18.0 Å². The maximum Gasteiger partial charge on any atom is 0.254 e. The third-order valence-corrected chi connectivity index (χ3v) is 8.21. The molecule has 178 valence electrons. The highest BCUT2D eigenvalue weighted by Crippen LogP contribution is 2.28. The van der Waals surface area contributed by atoms with Gasteiger partial charge in [-0.05, 0) is 56.0 Å². The number of hydrogen-bond donors (Lipinski definition) is 1. The highest BCUT2D eigenvalue weighted by Gasteiger charge is 2.28. The van der Waals surface area contributed by atoms with Crippen LogP contribution in [-0.2, 0) is 14.8 Å². The van der Waals surface area contributed by atoms with Crippen LogP contribution in [0, 0.1) is 13.8 Å². The molecule has 1 saturated heterocycles. The number of nitrogens with one attached hydrogen (secondary N) is 1. The third-order valence-electron chi connectivity index (χ3n) is 5.83. The number of rotatable bonds is 6. The number of likely N-dealkylation sites (N-methyl/N-ethyl adjacent to an activating group) is 1. The van der Waals surface area contributed by atoms with Crippen LogP contribution in [0.3, 0.4) is 0 Å². The van der Waals surface area contributed by atoms with E-state index >= 15 is 0 Å². The van der Waals surface area contributed by atoms with E-state index in [1.165, 1.54) is 34.5 Å². The molecule has 1 aliphatic rings. The summed E-state index contributed by atoms with van der Waals surface area (Å²) in [7, 11) is -2.32. The van der Waals surface area contributed by atoms with Gasteiger partial charge in [-0.3, -0.25) is 9.59 Å². The van der Waals surface area contributed by atoms with Crippen LogP contribution < -0.4 is 5.32 Å². The quantitative estimate of drug-likeness (QED) is 0.655. The van der Waals surface area contributed by atoms with Crippen molar-refractivity contribution in [3.05, 3.63) is 58.1 Å². The van der Waals surface area contributed by atoms with Crippen LogP contribution in [0.25, 0.3) is 0 Å². The molecular formula is C24H30ClN3O4S. The molecule has 1 aliphatic heterocycles. The fraction of sp³-hybridized carbons (Fsp3) is 0.417. The summed E-state index contributed by atoms with van der Waals surface area (Å²) < 4.78 is 27.8. The molecule has 1 heterocycles. The molecule has 0 aliphatic carbocycles. The summed E-state index contributed by atoms with van der Waals surface area (Å²) in [5, 5.41) is 2.93. The Bertz CT molecular complexity index is 1120. The number of hydrogen-bond acceptors (Lipinski definition) is 4. The Balaban J connectivity index is 1.76. The monoisotopic (exact) mass is 491 g/mol. The van der Waals surface area contributed by atoms with Gasteiger partial charge in [-0.1, -0.05) is 42.6 Å². The van der Waals surface area contributed by atoms with Gasteiger partial charge in [-0.15, -0.1) is 0 Å². The van der Waals surface area contributed by atoms with Crippen LogP contribution in [0.2, 0.25) is 5.02 Å². The van der Waals surface area contributed by atoms with Gasteiger partial charge in [-0.2, -0.15) is 4.31 Å². The van der Waals surface area contributed by atoms with Crippen LogP contribution in [-0.4, -0.2) is 56.1 Å². The minimum atomic E-state index is -3.82. The highest BCUT2D eigenvalue weighted by atomic mass is 35.5. The van der Waals surface area contributed by atoms with Crippen LogP contribution in [0.5, 0.6) is 0 Å². The second-order valence-corrected chi connectivity index (χ2v) is 10.8. The molecule has 7 nitrogen and oxygen atoms in total. The first kappa shape index (κ1) is 25.2. The fourth-order valence-corrected chi connectivity index (χ4v) is 5.97. The Morgan fingerprint density at radius 2 is 1.64 bits per heavy atom. The summed E-state index contributed by atoms with van der Waals surface area (Å²) in [4.78, 5) is 26.7. The van der Waals surface area contributed by atoms with Crippen LogP contribution in [0.15, 0.2) is 41.3 Å². The molecular weight excluding hydrogens is 462 g/mol. The highest BCUT2D eigenvalue weighted by molar-refractivity contribution is 7.89. The van der Waals surface area contributed by atoms with Gasteiger partial charge in [0.1, 0.15) is 4.90 Å². The molecule has 0 aromatic heterocycles. The summed E-state index contributed by atoms with van der Waals surface area (Å²) in [6, 6.07) is 9.92. The van der Waals surface area contributed by atoms with Crippen LogP contribution in [0.1, 0.15) is 47.2 Å². The molecule has 0 unspecified atom stereocenters. The zero-order valence-corrected chi connectivity index (χ0v) is 20.8. The van der Waals surface area contributed by atoms with E-state index in [1.807, 2.05) is 32.0 Å². The van der Waals surface area contributed by atoms with E-state index in [-0.39, 0.29) is 27.9 Å². The van der Waals surface area contributed by atoms with Crippen molar-refractivity contribution in [2.24, 2.45) is 0 Å². The van der Waals surface area contributed by atoms with Gasteiger partial charge < -0.3 is 10.2 Å². The second kappa shape index (κ2) is 10.7. The van der Waals surface area contributed by atoms with E-state index in [9.17, 15) is 18.0 Å². The van der Waals surface area contributed by atoms with Crippen molar-refractivity contribution in [1.29, 1.82) is 0 Å². The molecule has 1 fully saturated rings. The normalized spacial score (nSPS) is 15.0. The summed E-state index contributed by atoms with van der Waals surface area (Å²) in [5.74, 6) is -0.801. The molecule has 9 heteroatoms. The molecule has 2 aromatic carbocycles. The Labute approximate surface area is 200 Å². The zero-order valence-electron chi connectivity index (χ0n) is 19.2. The fourth-order valence-electron chi connectivity index (χ4n) is 3.95. The molecule has 0 bridgehead atoms. The van der Waals surface area contributed by atoms with E-state index in [2.05, 4.69) is 5.32 Å². The summed E-state index contributed by atoms with van der Waals surface area (Å²) in [6.07, 6.45) is 3.59. The molecule has 0 spiro atoms. The first-order valence-electron chi connectivity index (χ1n) is 11.0. The average molecular weight is 492 g/mol. The maximum atomic E-state index is 13.2. The lowest BCUT2D eigenvalue weighted by atomic mass is 10.1. The lowest BCUT2D eigenvalue weighted by Crippen LogP contribution is -2.35. The molecule has 0 atom stereocenters. The predicted octanol–water partition coefficient (Wildman–Crippen LogP) is 4.23. The Hall–Kier alpha value is -2.42. The first-order chi connectivity index (χ1) is 15.6. The van der Waals surface area contributed by atoms with Gasteiger partial charge in [0.15, 0.2) is 0 Å². The zero-order chi connectivity index (χ0) is 24.2. The SMILES string of the molecule is Cc1cccc(C)c1NC(=O)CN(C)C(=O)c1ccc(Cl)c(S(=O)(=O)N2CCCCCC2)c1. The van der Waals surface area contributed by atoms with Crippen LogP contribution >= 0.6 is 11.6 Å². The van der Waals surface area contributed by atoms with E-state index < -0.39 is 15.9 Å². The number of sulfonamides is 1. The number of para-hydroxylation sites is 1. The number of carbonyl (C=O) groups excluding carboxylic acids is 2. The molecule has 2 amide bonds. The minimum absolute atomic E-state index is 0.0752. The molecule has 0 saturated carbocycles. The smallest absolute Gasteiger partial charge is 0.254 e. The van der Waals surface area contributed by atoms with Gasteiger partial charge in [0.05, 0.1) is 11.6 Å². The van der Waals surface area contributed by atoms with E-state index in [4.69, 9.17) is 11.6 Å². The molecule has 3 rings (SSSR count). The minimum Gasteiger partial charge on any atom is -0.332 e. The predicted molar refractivity (Wildman–Crippen MR) is 130 cm³/mol. The van der Waals surface area contributed by atoms with E-state index in [0.717, 1.165) is 42.5 Å². The number of nitrogens with zero attached hydrogens (tertiary/aromatic N) is 2. The van der Waals surface area contributed by atoms with Crippen molar-refractivity contribution in [3.63, 3.8) is 0 Å². The first-order valence-corrected chi connectivity index (χ1v) is 12.8. The topological polar surface area (TPSA) is 86.8 Å². The largest absolute Gasteiger partial charge is 0.332 e. The van der Waals surface area contributed by atoms with E-state index in [1.54, 1.807) is 0 Å². The van der Waals surface area contributed by atoms with Gasteiger partial charge in [0.25, 0.3) is 5.91 Å². The van der Waals surface area contributed by atoms with Gasteiger partial charge >= 0.3 is 0 Å². The Kier molecular flexibility index (Phi) is 8.15. The lowest BCUT2D eigenvalue weighted by molar-refractivity contribution is -0.116. The Morgan fingerprint density at radius 1 is 1.03 bits per heavy atom. The summed E-state index contributed by atoms with van der Waals surface area (Å²) in [5.41, 5.74) is 2.74. The molecule has 33 heavy (non-hydrogen) atoms. The Morgan fingerprint density at radius 3 is 2.24 bits per heavy atom. The summed E-state index contributed by atoms with van der Waals surface area (Å²) in [6.45, 7) is 4.50. The second-order valence-electron chi connectivity index (χ2n) is 8.44. The van der Waals surface area contributed by atoms with Crippen molar-refractivity contribution in [2.75, 3.05) is 32.0 Å². The number of carbonyl (C=O) groups is 2. The maximum absolute atomic E-state index is 13.2. The number of amides is 2. The summed E-state index contributed by atoms with van der Waals surface area (Å²) >= 11 is 6.23. The molecule has 0 radical (unpaired) electrons. The molecule has 2 aromatic rings. The third kappa shape index (κ3) is 5.93. The van der Waals surface area contributed by atoms with E-state index in [0.29, 0.717) is 13.1 Å². The van der Waals surface area contributed by atoms with Crippen LogP contribution in [0.4, 0.5) is 5.69 Å². The van der Waals surface area contributed by atoms with Gasteiger partial charge in [-0.25, -0.2) is 8.42 Å². The lowest BCUT2D eigenvalue weighted by Gasteiger charge is -2.22. The number of anilines is 1. The number of aryl methyl sites for hydroxylation is 2. The van der Waals surface area contributed by atoms with Crippen molar-refractivity contribution in [1.82, 2.24) is 9.21 Å². The van der Waals surface area contributed by atoms with Crippen molar-refractivity contribution >= 4 is 39.1 Å².